The number of carbonyl (C=O) groups is 1. The largest absolute Gasteiger partial charge is 0.484 e. The van der Waals surface area contributed by atoms with E-state index in [0.717, 1.165) is 22.7 Å². The summed E-state index contributed by atoms with van der Waals surface area (Å²) in [7, 11) is 0. The third kappa shape index (κ3) is 6.83. The Morgan fingerprint density at radius 1 is 0.970 bits per heavy atom. The SMILES string of the molecule is O=C(COc1ccc(Br)cc1)N/N=C/c1ccc(Oc2ccc([N+](=O)[O-])cc2[N+](=O)[O-])cc1. The van der Waals surface area contributed by atoms with Gasteiger partial charge < -0.3 is 9.47 Å². The zero-order valence-corrected chi connectivity index (χ0v) is 18.3. The number of hydrogen-bond acceptors (Lipinski definition) is 8. The van der Waals surface area contributed by atoms with Gasteiger partial charge >= 0.3 is 5.69 Å². The fraction of sp³-hybridized carbons (Fsp3) is 0.0476. The van der Waals surface area contributed by atoms with Gasteiger partial charge in [-0.05, 0) is 60.2 Å². The van der Waals surface area contributed by atoms with Crippen LogP contribution >= 0.6 is 15.9 Å². The van der Waals surface area contributed by atoms with Crippen molar-refractivity contribution < 1.29 is 24.1 Å². The van der Waals surface area contributed by atoms with Crippen LogP contribution in [0, 0.1) is 20.2 Å². The Balaban J connectivity index is 1.55. The van der Waals surface area contributed by atoms with E-state index in [0.29, 0.717) is 11.3 Å². The second kappa shape index (κ2) is 10.8. The van der Waals surface area contributed by atoms with E-state index < -0.39 is 27.1 Å². The molecule has 3 aromatic carbocycles. The molecule has 12 heteroatoms. The van der Waals surface area contributed by atoms with Gasteiger partial charge in [0.25, 0.3) is 11.6 Å². The third-order valence-electron chi connectivity index (χ3n) is 4.04. The average Bonchev–Trinajstić information content (AvgIpc) is 2.80. The normalized spacial score (nSPS) is 10.6. The molecule has 0 saturated heterocycles. The molecular formula is C21H15BrN4O7. The molecule has 0 unspecified atom stereocenters. The molecule has 1 amide bonds. The molecule has 0 aliphatic carbocycles. The number of nitro groups is 2. The first-order valence-corrected chi connectivity index (χ1v) is 10.0. The van der Waals surface area contributed by atoms with Gasteiger partial charge in [-0.2, -0.15) is 5.10 Å². The first-order chi connectivity index (χ1) is 15.8. The van der Waals surface area contributed by atoms with Gasteiger partial charge in [0.15, 0.2) is 6.61 Å². The molecule has 0 saturated carbocycles. The van der Waals surface area contributed by atoms with E-state index in [1.807, 2.05) is 0 Å². The zero-order chi connectivity index (χ0) is 23.8. The number of amides is 1. The molecule has 0 bridgehead atoms. The molecule has 33 heavy (non-hydrogen) atoms. The highest BCUT2D eigenvalue weighted by molar-refractivity contribution is 9.10. The van der Waals surface area contributed by atoms with E-state index in [4.69, 9.17) is 9.47 Å². The predicted molar refractivity (Wildman–Crippen MR) is 122 cm³/mol. The summed E-state index contributed by atoms with van der Waals surface area (Å²) >= 11 is 3.31. The van der Waals surface area contributed by atoms with Crippen molar-refractivity contribution in [2.24, 2.45) is 5.10 Å². The Bertz CT molecular complexity index is 1200. The van der Waals surface area contributed by atoms with Crippen molar-refractivity contribution in [2.75, 3.05) is 6.61 Å². The van der Waals surface area contributed by atoms with Crippen LogP contribution < -0.4 is 14.9 Å². The van der Waals surface area contributed by atoms with E-state index in [9.17, 15) is 25.0 Å². The van der Waals surface area contributed by atoms with Crippen LogP contribution in [0.25, 0.3) is 0 Å². The van der Waals surface area contributed by atoms with Crippen LogP contribution in [0.4, 0.5) is 11.4 Å². The van der Waals surface area contributed by atoms with Crippen LogP contribution in [-0.4, -0.2) is 28.6 Å². The summed E-state index contributed by atoms with van der Waals surface area (Å²) in [6, 6.07) is 16.4. The predicted octanol–water partition coefficient (Wildman–Crippen LogP) is 4.59. The van der Waals surface area contributed by atoms with Crippen molar-refractivity contribution >= 4 is 39.4 Å². The molecule has 0 fully saturated rings. The number of benzene rings is 3. The number of nitro benzene ring substituents is 2. The lowest BCUT2D eigenvalue weighted by atomic mass is 10.2. The quantitative estimate of drug-likeness (QED) is 0.249. The number of hydrazone groups is 1. The molecule has 3 rings (SSSR count). The highest BCUT2D eigenvalue weighted by Crippen LogP contribution is 2.34. The first-order valence-electron chi connectivity index (χ1n) is 9.23. The van der Waals surface area contributed by atoms with Gasteiger partial charge in [-0.1, -0.05) is 15.9 Å². The smallest absolute Gasteiger partial charge is 0.318 e. The Morgan fingerprint density at radius 2 is 1.64 bits per heavy atom. The minimum absolute atomic E-state index is 0.134. The minimum atomic E-state index is -0.757. The maximum Gasteiger partial charge on any atom is 0.318 e. The lowest BCUT2D eigenvalue weighted by Gasteiger charge is -2.06. The topological polar surface area (TPSA) is 146 Å². The number of nitrogens with zero attached hydrogens (tertiary/aromatic N) is 3. The third-order valence-corrected chi connectivity index (χ3v) is 4.57. The summed E-state index contributed by atoms with van der Waals surface area (Å²) in [4.78, 5) is 32.3. The van der Waals surface area contributed by atoms with Crippen LogP contribution in [0.1, 0.15) is 5.56 Å². The number of halogens is 1. The van der Waals surface area contributed by atoms with Gasteiger partial charge in [-0.3, -0.25) is 25.0 Å². The summed E-state index contributed by atoms with van der Waals surface area (Å²) in [5.74, 6) is 0.238. The van der Waals surface area contributed by atoms with Crippen molar-refractivity contribution in [1.82, 2.24) is 5.43 Å². The second-order valence-electron chi connectivity index (χ2n) is 6.37. The highest BCUT2D eigenvalue weighted by Gasteiger charge is 2.21. The number of ether oxygens (including phenoxy) is 2. The molecule has 0 spiro atoms. The summed E-state index contributed by atoms with van der Waals surface area (Å²) in [5, 5.41) is 25.9. The number of rotatable bonds is 9. The number of hydrogen-bond donors (Lipinski definition) is 1. The average molecular weight is 515 g/mol. The van der Waals surface area contributed by atoms with E-state index in [-0.39, 0.29) is 18.1 Å². The number of carbonyl (C=O) groups excluding carboxylic acids is 1. The van der Waals surface area contributed by atoms with Gasteiger partial charge in [0.1, 0.15) is 11.5 Å². The van der Waals surface area contributed by atoms with Gasteiger partial charge in [0.2, 0.25) is 5.75 Å². The summed E-state index contributed by atoms with van der Waals surface area (Å²) in [6.07, 6.45) is 1.40. The summed E-state index contributed by atoms with van der Waals surface area (Å²) in [5.41, 5.74) is 2.02. The lowest BCUT2D eigenvalue weighted by Crippen LogP contribution is -2.24. The monoisotopic (exact) mass is 514 g/mol. The fourth-order valence-electron chi connectivity index (χ4n) is 2.49. The molecule has 1 N–H and O–H groups in total. The van der Waals surface area contributed by atoms with Gasteiger partial charge in [-0.25, -0.2) is 5.43 Å². The van der Waals surface area contributed by atoms with Crippen LogP contribution in [0.3, 0.4) is 0 Å². The van der Waals surface area contributed by atoms with Gasteiger partial charge in [0.05, 0.1) is 22.1 Å². The Hall–Kier alpha value is -4.32. The van der Waals surface area contributed by atoms with Crippen molar-refractivity contribution in [3.63, 3.8) is 0 Å². The van der Waals surface area contributed by atoms with Crippen LogP contribution in [0.5, 0.6) is 17.2 Å². The first kappa shape index (κ1) is 23.3. The minimum Gasteiger partial charge on any atom is -0.484 e. The van der Waals surface area contributed by atoms with Gasteiger partial charge in [-0.15, -0.1) is 0 Å². The summed E-state index contributed by atoms with van der Waals surface area (Å²) < 4.78 is 11.7. The van der Waals surface area contributed by atoms with E-state index in [2.05, 4.69) is 26.5 Å². The molecule has 3 aromatic rings. The highest BCUT2D eigenvalue weighted by atomic mass is 79.9. The molecular weight excluding hydrogens is 500 g/mol. The molecule has 0 radical (unpaired) electrons. The maximum absolute atomic E-state index is 11.8. The van der Waals surface area contributed by atoms with Crippen LogP contribution in [-0.2, 0) is 4.79 Å². The molecule has 168 valence electrons. The molecule has 11 nitrogen and oxygen atoms in total. The van der Waals surface area contributed by atoms with Crippen molar-refractivity contribution in [1.29, 1.82) is 0 Å². The molecule has 0 aliphatic rings. The van der Waals surface area contributed by atoms with E-state index in [1.165, 1.54) is 18.3 Å². The maximum atomic E-state index is 11.8. The fourth-order valence-corrected chi connectivity index (χ4v) is 2.75. The Labute approximate surface area is 195 Å². The van der Waals surface area contributed by atoms with Gasteiger partial charge in [0, 0.05) is 10.5 Å². The zero-order valence-electron chi connectivity index (χ0n) is 16.7. The van der Waals surface area contributed by atoms with Crippen LogP contribution in [0.2, 0.25) is 0 Å². The number of non-ortho nitro benzene ring substituents is 1. The molecule has 0 atom stereocenters. The standard InChI is InChI=1S/C21H15BrN4O7/c22-15-3-8-17(9-4-15)32-13-21(27)24-23-12-14-1-6-18(7-2-14)33-20-10-5-16(25(28)29)11-19(20)26(30)31/h1-12H,13H2,(H,24,27)/b23-12+. The molecule has 0 heterocycles. The Morgan fingerprint density at radius 3 is 2.27 bits per heavy atom. The van der Waals surface area contributed by atoms with Crippen molar-refractivity contribution in [3.05, 3.63) is 97.0 Å². The lowest BCUT2D eigenvalue weighted by molar-refractivity contribution is -0.394. The Kier molecular flexibility index (Phi) is 7.65. The van der Waals surface area contributed by atoms with Crippen molar-refractivity contribution in [3.8, 4) is 17.2 Å². The molecule has 0 aromatic heterocycles. The van der Waals surface area contributed by atoms with Crippen LogP contribution in [0.15, 0.2) is 76.3 Å². The summed E-state index contributed by atoms with van der Waals surface area (Å²) in [6.45, 7) is -0.209. The van der Waals surface area contributed by atoms with Crippen molar-refractivity contribution in [2.45, 2.75) is 0 Å². The van der Waals surface area contributed by atoms with E-state index >= 15 is 0 Å². The molecule has 0 aliphatic heterocycles. The second-order valence-corrected chi connectivity index (χ2v) is 7.29. The number of nitrogens with one attached hydrogen (secondary N) is 1. The van der Waals surface area contributed by atoms with E-state index in [1.54, 1.807) is 36.4 Å².